The largest absolute Gasteiger partial charge is 0.372 e. The molecule has 0 saturated carbocycles. The van der Waals surface area contributed by atoms with E-state index in [0.717, 1.165) is 15.0 Å². The van der Waals surface area contributed by atoms with Crippen molar-refractivity contribution >= 4 is 28.4 Å². The van der Waals surface area contributed by atoms with Gasteiger partial charge in [-0.3, -0.25) is 4.98 Å². The molecule has 0 unspecified atom stereocenters. The summed E-state index contributed by atoms with van der Waals surface area (Å²) in [5.74, 6) is 1.56. The van der Waals surface area contributed by atoms with Crippen LogP contribution in [-0.2, 0) is 0 Å². The van der Waals surface area contributed by atoms with Crippen LogP contribution in [-0.4, -0.2) is 22.0 Å². The summed E-state index contributed by atoms with van der Waals surface area (Å²) in [4.78, 5) is 12.6. The lowest BCUT2D eigenvalue weighted by molar-refractivity contribution is 1.14. The predicted octanol–water partition coefficient (Wildman–Crippen LogP) is 2.18. The van der Waals surface area contributed by atoms with E-state index in [0.29, 0.717) is 5.82 Å². The molecule has 2 aromatic heterocycles. The monoisotopic (exact) mass is 312 g/mol. The maximum atomic E-state index is 4.40. The number of rotatable bonds is 2. The van der Waals surface area contributed by atoms with Crippen molar-refractivity contribution in [2.24, 2.45) is 0 Å². The van der Waals surface area contributed by atoms with Gasteiger partial charge in [-0.25, -0.2) is 9.97 Å². The predicted molar refractivity (Wildman–Crippen MR) is 67.5 cm³/mol. The van der Waals surface area contributed by atoms with E-state index in [1.165, 1.54) is 0 Å². The smallest absolute Gasteiger partial charge is 0.161 e. The van der Waals surface area contributed by atoms with Gasteiger partial charge in [0, 0.05) is 31.2 Å². The molecule has 0 fully saturated rings. The molecule has 4 nitrogen and oxygen atoms in total. The standard InChI is InChI=1S/C10H9IN4/c1-12-10-8(11)6-14-9(15-10)7-2-4-13-5-3-7/h2-6H,1H3,(H,12,14,15). The van der Waals surface area contributed by atoms with Crippen LogP contribution < -0.4 is 5.32 Å². The summed E-state index contributed by atoms with van der Waals surface area (Å²) in [7, 11) is 1.85. The second-order valence-electron chi connectivity index (χ2n) is 2.88. The highest BCUT2D eigenvalue weighted by molar-refractivity contribution is 14.1. The molecule has 2 heterocycles. The SMILES string of the molecule is CNc1nc(-c2ccncc2)ncc1I. The summed E-state index contributed by atoms with van der Waals surface area (Å²) >= 11 is 2.20. The van der Waals surface area contributed by atoms with Gasteiger partial charge >= 0.3 is 0 Å². The van der Waals surface area contributed by atoms with Gasteiger partial charge in [-0.05, 0) is 34.7 Å². The lowest BCUT2D eigenvalue weighted by Crippen LogP contribution is -1.99. The van der Waals surface area contributed by atoms with Crippen LogP contribution in [0.2, 0.25) is 0 Å². The molecule has 0 radical (unpaired) electrons. The summed E-state index contributed by atoms with van der Waals surface area (Å²) in [5, 5.41) is 3.03. The van der Waals surface area contributed by atoms with Gasteiger partial charge in [0.05, 0.1) is 3.57 Å². The van der Waals surface area contributed by atoms with E-state index >= 15 is 0 Å². The van der Waals surface area contributed by atoms with Crippen LogP contribution in [0.1, 0.15) is 0 Å². The minimum absolute atomic E-state index is 0.710. The third-order valence-electron chi connectivity index (χ3n) is 1.92. The average Bonchev–Trinajstić information content (AvgIpc) is 2.31. The Hall–Kier alpha value is -1.24. The first kappa shape index (κ1) is 10.3. The number of pyridine rings is 1. The Morgan fingerprint density at radius 3 is 2.67 bits per heavy atom. The molecule has 0 aliphatic rings. The van der Waals surface area contributed by atoms with Gasteiger partial charge in [-0.2, -0.15) is 0 Å². The molecule has 0 aliphatic carbocycles. The van der Waals surface area contributed by atoms with Crippen LogP contribution in [0.3, 0.4) is 0 Å². The molecule has 0 amide bonds. The first-order valence-corrected chi connectivity index (χ1v) is 5.50. The molecule has 2 aromatic rings. The first-order chi connectivity index (χ1) is 7.31. The second kappa shape index (κ2) is 4.52. The van der Waals surface area contributed by atoms with E-state index in [1.807, 2.05) is 19.2 Å². The molecule has 15 heavy (non-hydrogen) atoms. The van der Waals surface area contributed by atoms with E-state index < -0.39 is 0 Å². The molecule has 0 atom stereocenters. The molecule has 2 rings (SSSR count). The Morgan fingerprint density at radius 2 is 2.00 bits per heavy atom. The van der Waals surface area contributed by atoms with E-state index in [4.69, 9.17) is 0 Å². The van der Waals surface area contributed by atoms with Crippen LogP contribution in [0.4, 0.5) is 5.82 Å². The van der Waals surface area contributed by atoms with Crippen molar-refractivity contribution in [3.8, 4) is 11.4 Å². The lowest BCUT2D eigenvalue weighted by atomic mass is 10.2. The van der Waals surface area contributed by atoms with Gasteiger partial charge in [0.15, 0.2) is 5.82 Å². The molecule has 76 valence electrons. The van der Waals surface area contributed by atoms with Crippen LogP contribution in [0.15, 0.2) is 30.7 Å². The number of nitrogens with one attached hydrogen (secondary N) is 1. The number of nitrogens with zero attached hydrogens (tertiary/aromatic N) is 3. The second-order valence-corrected chi connectivity index (χ2v) is 4.04. The molecule has 0 aromatic carbocycles. The molecule has 5 heteroatoms. The molecular weight excluding hydrogens is 303 g/mol. The van der Waals surface area contributed by atoms with Gasteiger partial charge in [-0.15, -0.1) is 0 Å². The molecule has 0 spiro atoms. The summed E-state index contributed by atoms with van der Waals surface area (Å²) in [5.41, 5.74) is 0.970. The quantitative estimate of drug-likeness (QED) is 0.864. The number of anilines is 1. The van der Waals surface area contributed by atoms with Crippen LogP contribution in [0, 0.1) is 3.57 Å². The fourth-order valence-corrected chi connectivity index (χ4v) is 1.71. The van der Waals surface area contributed by atoms with Gasteiger partial charge in [0.1, 0.15) is 5.82 Å². The molecule has 1 N–H and O–H groups in total. The van der Waals surface area contributed by atoms with E-state index in [-0.39, 0.29) is 0 Å². The summed E-state index contributed by atoms with van der Waals surface area (Å²) in [6.45, 7) is 0. The van der Waals surface area contributed by atoms with Crippen molar-refractivity contribution in [1.82, 2.24) is 15.0 Å². The Labute approximate surface area is 101 Å². The zero-order chi connectivity index (χ0) is 10.7. The summed E-state index contributed by atoms with van der Waals surface area (Å²) in [6.07, 6.45) is 5.26. The topological polar surface area (TPSA) is 50.7 Å². The molecular formula is C10H9IN4. The Kier molecular flexibility index (Phi) is 3.10. The van der Waals surface area contributed by atoms with Crippen LogP contribution in [0.25, 0.3) is 11.4 Å². The van der Waals surface area contributed by atoms with E-state index in [1.54, 1.807) is 18.6 Å². The molecule has 0 aliphatic heterocycles. The van der Waals surface area contributed by atoms with Crippen LogP contribution >= 0.6 is 22.6 Å². The van der Waals surface area contributed by atoms with E-state index in [9.17, 15) is 0 Å². The fraction of sp³-hybridized carbons (Fsp3) is 0.100. The van der Waals surface area contributed by atoms with Gasteiger partial charge < -0.3 is 5.32 Å². The lowest BCUT2D eigenvalue weighted by Gasteiger charge is -2.04. The van der Waals surface area contributed by atoms with Crippen molar-refractivity contribution in [3.05, 3.63) is 34.3 Å². The highest BCUT2D eigenvalue weighted by Crippen LogP contribution is 2.19. The maximum absolute atomic E-state index is 4.40. The third kappa shape index (κ3) is 2.23. The number of halogens is 1. The number of hydrogen-bond donors (Lipinski definition) is 1. The van der Waals surface area contributed by atoms with Crippen molar-refractivity contribution in [2.45, 2.75) is 0 Å². The van der Waals surface area contributed by atoms with E-state index in [2.05, 4.69) is 42.9 Å². The molecule has 0 bridgehead atoms. The average molecular weight is 312 g/mol. The zero-order valence-corrected chi connectivity index (χ0v) is 10.3. The van der Waals surface area contributed by atoms with Gasteiger partial charge in [-0.1, -0.05) is 0 Å². The highest BCUT2D eigenvalue weighted by Gasteiger charge is 2.04. The molecule has 0 saturated heterocycles. The van der Waals surface area contributed by atoms with Crippen molar-refractivity contribution < 1.29 is 0 Å². The minimum atomic E-state index is 0.710. The fourth-order valence-electron chi connectivity index (χ4n) is 1.18. The highest BCUT2D eigenvalue weighted by atomic mass is 127. The minimum Gasteiger partial charge on any atom is -0.372 e. The Balaban J connectivity index is 2.46. The van der Waals surface area contributed by atoms with Crippen molar-refractivity contribution in [3.63, 3.8) is 0 Å². The third-order valence-corrected chi connectivity index (χ3v) is 2.71. The van der Waals surface area contributed by atoms with Gasteiger partial charge in [0.2, 0.25) is 0 Å². The Morgan fingerprint density at radius 1 is 1.27 bits per heavy atom. The number of hydrogen-bond acceptors (Lipinski definition) is 4. The Bertz CT molecular complexity index is 458. The zero-order valence-electron chi connectivity index (χ0n) is 8.11. The summed E-state index contributed by atoms with van der Waals surface area (Å²) in [6, 6.07) is 3.78. The van der Waals surface area contributed by atoms with Crippen molar-refractivity contribution in [1.29, 1.82) is 0 Å². The normalized spacial score (nSPS) is 10.0. The number of aromatic nitrogens is 3. The van der Waals surface area contributed by atoms with Crippen LogP contribution in [0.5, 0.6) is 0 Å². The maximum Gasteiger partial charge on any atom is 0.161 e. The van der Waals surface area contributed by atoms with Gasteiger partial charge in [0.25, 0.3) is 0 Å². The summed E-state index contributed by atoms with van der Waals surface area (Å²) < 4.78 is 1.01. The first-order valence-electron chi connectivity index (χ1n) is 4.42. The van der Waals surface area contributed by atoms with Crippen molar-refractivity contribution in [2.75, 3.05) is 12.4 Å².